The monoisotopic (exact) mass is 521 g/mol. The van der Waals surface area contributed by atoms with Crippen molar-refractivity contribution in [2.75, 3.05) is 14.2 Å². The van der Waals surface area contributed by atoms with E-state index >= 15 is 0 Å². The molecule has 0 aliphatic carbocycles. The number of carbonyl (C=O) groups excluding carboxylic acids is 3. The number of rotatable bonds is 12. The summed E-state index contributed by atoms with van der Waals surface area (Å²) >= 11 is 0. The first-order chi connectivity index (χ1) is 16.7. The SMILES string of the molecule is COC=CC(=O)C[C@@H]1[C@@H]([C@@H](C)O[Si](C)(C)C(C)(C)C)C(=O)N1C(O)C(=O)OCc1ccc(OC)cc1. The van der Waals surface area contributed by atoms with Gasteiger partial charge in [-0.15, -0.1) is 0 Å². The number of likely N-dealkylation sites (tertiary alicyclic amines) is 1. The minimum Gasteiger partial charge on any atom is -0.504 e. The van der Waals surface area contributed by atoms with Gasteiger partial charge in [0.15, 0.2) is 14.1 Å². The third kappa shape index (κ3) is 6.95. The Labute approximate surface area is 214 Å². The van der Waals surface area contributed by atoms with Crippen LogP contribution in [-0.4, -0.2) is 68.6 Å². The molecule has 1 amide bonds. The fourth-order valence-electron chi connectivity index (χ4n) is 3.83. The highest BCUT2D eigenvalue weighted by Crippen LogP contribution is 2.41. The van der Waals surface area contributed by atoms with E-state index in [1.165, 1.54) is 19.4 Å². The first kappa shape index (κ1) is 29.5. The summed E-state index contributed by atoms with van der Waals surface area (Å²) in [6, 6.07) is 6.18. The van der Waals surface area contributed by atoms with Gasteiger partial charge in [0.2, 0.25) is 12.1 Å². The standard InChI is InChI=1S/C26H39NO8Si/c1-17(35-36(7,8)26(2,3)4)22-21(15-19(28)13-14-32-5)27(23(22)29)24(30)25(31)34-16-18-9-11-20(33-6)12-10-18/h9-14,17,21-22,24,30H,15-16H2,1-8H3/t17-,21-,22-,24?/m1/s1. The Morgan fingerprint density at radius 3 is 2.31 bits per heavy atom. The van der Waals surface area contributed by atoms with Gasteiger partial charge in [-0.1, -0.05) is 32.9 Å². The van der Waals surface area contributed by atoms with Crippen molar-refractivity contribution in [2.45, 2.75) is 77.2 Å². The average Bonchev–Trinajstić information content (AvgIpc) is 2.80. The molecule has 1 aromatic rings. The number of hydrogen-bond donors (Lipinski definition) is 1. The van der Waals surface area contributed by atoms with Gasteiger partial charge in [0.25, 0.3) is 0 Å². The van der Waals surface area contributed by atoms with Crippen LogP contribution < -0.4 is 4.74 Å². The summed E-state index contributed by atoms with van der Waals surface area (Å²) in [5, 5.41) is 10.6. The van der Waals surface area contributed by atoms with Crippen LogP contribution in [0.25, 0.3) is 0 Å². The molecule has 1 N–H and O–H groups in total. The summed E-state index contributed by atoms with van der Waals surface area (Å²) in [7, 11) is 0.755. The molecule has 36 heavy (non-hydrogen) atoms. The maximum absolute atomic E-state index is 13.2. The lowest BCUT2D eigenvalue weighted by molar-refractivity contribution is -0.197. The minimum atomic E-state index is -2.21. The van der Waals surface area contributed by atoms with Crippen molar-refractivity contribution in [1.29, 1.82) is 0 Å². The van der Waals surface area contributed by atoms with Crippen LogP contribution in [-0.2, 0) is 34.9 Å². The molecule has 1 saturated heterocycles. The topological polar surface area (TPSA) is 112 Å². The van der Waals surface area contributed by atoms with Gasteiger partial charge in [-0.2, -0.15) is 0 Å². The third-order valence-corrected chi connectivity index (χ3v) is 11.5. The number of ether oxygens (including phenoxy) is 3. The number of benzene rings is 1. The number of aliphatic hydroxyl groups excluding tert-OH is 1. The largest absolute Gasteiger partial charge is 0.504 e. The van der Waals surface area contributed by atoms with Crippen LogP contribution in [0.5, 0.6) is 5.75 Å². The van der Waals surface area contributed by atoms with E-state index in [0.29, 0.717) is 11.3 Å². The predicted molar refractivity (Wildman–Crippen MR) is 136 cm³/mol. The molecule has 0 spiro atoms. The second-order valence-electron chi connectivity index (χ2n) is 10.5. The van der Waals surface area contributed by atoms with Crippen LogP contribution in [0.3, 0.4) is 0 Å². The smallest absolute Gasteiger partial charge is 0.356 e. The maximum Gasteiger partial charge on any atom is 0.356 e. The molecule has 1 fully saturated rings. The molecule has 1 aliphatic rings. The highest BCUT2D eigenvalue weighted by atomic mass is 28.4. The van der Waals surface area contributed by atoms with Crippen molar-refractivity contribution >= 4 is 26.0 Å². The molecule has 200 valence electrons. The van der Waals surface area contributed by atoms with Gasteiger partial charge in [-0.3, -0.25) is 9.59 Å². The Kier molecular flexibility index (Phi) is 9.87. The Bertz CT molecular complexity index is 954. The molecule has 0 bridgehead atoms. The normalized spacial score (nSPS) is 20.0. The van der Waals surface area contributed by atoms with E-state index < -0.39 is 44.5 Å². The van der Waals surface area contributed by atoms with Gasteiger partial charge < -0.3 is 28.6 Å². The number of nitrogens with zero attached hydrogens (tertiary/aromatic N) is 1. The number of allylic oxidation sites excluding steroid dienone is 1. The molecular weight excluding hydrogens is 482 g/mol. The number of hydrogen-bond acceptors (Lipinski definition) is 8. The Morgan fingerprint density at radius 2 is 1.78 bits per heavy atom. The van der Waals surface area contributed by atoms with Crippen LogP contribution in [0.1, 0.15) is 39.7 Å². The van der Waals surface area contributed by atoms with Crippen LogP contribution in [0, 0.1) is 5.92 Å². The van der Waals surface area contributed by atoms with Gasteiger partial charge >= 0.3 is 5.97 Å². The van der Waals surface area contributed by atoms with Crippen LogP contribution in [0.2, 0.25) is 18.1 Å². The van der Waals surface area contributed by atoms with E-state index in [9.17, 15) is 19.5 Å². The fourth-order valence-corrected chi connectivity index (χ4v) is 5.26. The zero-order valence-corrected chi connectivity index (χ0v) is 23.4. The number of carbonyl (C=O) groups is 3. The summed E-state index contributed by atoms with van der Waals surface area (Å²) in [6.45, 7) is 12.2. The van der Waals surface area contributed by atoms with Crippen molar-refractivity contribution in [1.82, 2.24) is 4.90 Å². The highest BCUT2D eigenvalue weighted by Gasteiger charge is 2.56. The van der Waals surface area contributed by atoms with Crippen LogP contribution >= 0.6 is 0 Å². The van der Waals surface area contributed by atoms with Crippen molar-refractivity contribution in [3.8, 4) is 5.75 Å². The molecule has 9 nitrogen and oxygen atoms in total. The summed E-state index contributed by atoms with van der Waals surface area (Å²) in [4.78, 5) is 39.3. The molecule has 1 heterocycles. The van der Waals surface area contributed by atoms with E-state index in [1.54, 1.807) is 38.3 Å². The second-order valence-corrected chi connectivity index (χ2v) is 15.2. The maximum atomic E-state index is 13.2. The first-order valence-corrected chi connectivity index (χ1v) is 14.8. The lowest BCUT2D eigenvalue weighted by atomic mass is 9.80. The number of ketones is 1. The summed E-state index contributed by atoms with van der Waals surface area (Å²) in [5.74, 6) is -1.75. The summed E-state index contributed by atoms with van der Waals surface area (Å²) in [5.41, 5.74) is 0.692. The molecule has 10 heteroatoms. The van der Waals surface area contributed by atoms with Gasteiger partial charge in [0, 0.05) is 12.5 Å². The Balaban J connectivity index is 2.16. The minimum absolute atomic E-state index is 0.0783. The van der Waals surface area contributed by atoms with E-state index in [-0.39, 0.29) is 23.8 Å². The van der Waals surface area contributed by atoms with E-state index in [4.69, 9.17) is 18.6 Å². The van der Waals surface area contributed by atoms with E-state index in [0.717, 1.165) is 4.90 Å². The highest BCUT2D eigenvalue weighted by molar-refractivity contribution is 6.74. The van der Waals surface area contributed by atoms with Gasteiger partial charge in [-0.05, 0) is 42.8 Å². The summed E-state index contributed by atoms with van der Waals surface area (Å²) in [6.07, 6.45) is 0.0745. The number of β-lactam (4-membered cyclic amide) rings is 1. The zero-order valence-electron chi connectivity index (χ0n) is 22.4. The second kappa shape index (κ2) is 12.0. The molecule has 1 aliphatic heterocycles. The molecule has 0 saturated carbocycles. The quantitative estimate of drug-likeness (QED) is 0.146. The average molecular weight is 522 g/mol. The number of amides is 1. The van der Waals surface area contributed by atoms with Crippen molar-refractivity contribution in [3.05, 3.63) is 42.2 Å². The molecule has 1 unspecified atom stereocenters. The zero-order chi connectivity index (χ0) is 27.3. The molecule has 0 radical (unpaired) electrons. The lowest BCUT2D eigenvalue weighted by Gasteiger charge is -2.52. The van der Waals surface area contributed by atoms with Gasteiger partial charge in [-0.25, -0.2) is 4.79 Å². The third-order valence-electron chi connectivity index (χ3n) is 6.92. The fraction of sp³-hybridized carbons (Fsp3) is 0.577. The molecule has 0 aromatic heterocycles. The molecule has 1 aromatic carbocycles. The molecular formula is C26H39NO8Si. The lowest BCUT2D eigenvalue weighted by Crippen LogP contribution is -2.70. The first-order valence-electron chi connectivity index (χ1n) is 11.9. The number of methoxy groups -OCH3 is 2. The van der Waals surface area contributed by atoms with E-state index in [2.05, 4.69) is 33.9 Å². The van der Waals surface area contributed by atoms with Crippen LogP contribution in [0.15, 0.2) is 36.6 Å². The molecule has 2 rings (SSSR count). The number of esters is 1. The Hall–Kier alpha value is -2.69. The van der Waals surface area contributed by atoms with Gasteiger partial charge in [0.1, 0.15) is 12.4 Å². The van der Waals surface area contributed by atoms with Crippen molar-refractivity contribution in [2.24, 2.45) is 5.92 Å². The van der Waals surface area contributed by atoms with Crippen LogP contribution in [0.4, 0.5) is 0 Å². The summed E-state index contributed by atoms with van der Waals surface area (Å²) < 4.78 is 21.6. The van der Waals surface area contributed by atoms with E-state index in [1.807, 2.05) is 0 Å². The predicted octanol–water partition coefficient (Wildman–Crippen LogP) is 3.41. The number of aliphatic hydroxyl groups is 1. The van der Waals surface area contributed by atoms with Gasteiger partial charge in [0.05, 0.1) is 38.5 Å². The van der Waals surface area contributed by atoms with Crippen molar-refractivity contribution in [3.63, 3.8) is 0 Å². The van der Waals surface area contributed by atoms with Crippen molar-refractivity contribution < 1.29 is 38.1 Å². The molecule has 4 atom stereocenters. The Morgan fingerprint density at radius 1 is 1.17 bits per heavy atom.